The molecule has 3 unspecified atom stereocenters. The Morgan fingerprint density at radius 2 is 1.55 bits per heavy atom. The van der Waals surface area contributed by atoms with Gasteiger partial charge in [0.1, 0.15) is 5.75 Å². The van der Waals surface area contributed by atoms with Crippen molar-refractivity contribution in [2.75, 3.05) is 12.4 Å². The standard InChI is InChI=1S/C27H23NO/c1-29-24-16-14-17-7-2-4-9-19(17)25(24)27-22-12-6-11-21(22)23-15-13-18-8-3-5-10-20(18)26(23)28-27/h2-11,13-16,21-22,27-28H,12H2,1H3. The van der Waals surface area contributed by atoms with E-state index in [9.17, 15) is 0 Å². The third-order valence-electron chi connectivity index (χ3n) is 6.72. The van der Waals surface area contributed by atoms with Gasteiger partial charge in [0.15, 0.2) is 0 Å². The van der Waals surface area contributed by atoms with E-state index >= 15 is 0 Å². The van der Waals surface area contributed by atoms with Crippen LogP contribution in [0.15, 0.2) is 84.9 Å². The minimum atomic E-state index is 0.203. The Labute approximate surface area is 170 Å². The van der Waals surface area contributed by atoms with E-state index in [2.05, 4.69) is 90.3 Å². The van der Waals surface area contributed by atoms with Gasteiger partial charge >= 0.3 is 0 Å². The zero-order valence-corrected chi connectivity index (χ0v) is 16.4. The van der Waals surface area contributed by atoms with Gasteiger partial charge < -0.3 is 10.1 Å². The molecule has 1 aliphatic heterocycles. The maximum absolute atomic E-state index is 5.87. The predicted molar refractivity (Wildman–Crippen MR) is 121 cm³/mol. The van der Waals surface area contributed by atoms with Gasteiger partial charge in [-0.1, -0.05) is 78.9 Å². The predicted octanol–water partition coefficient (Wildman–Crippen LogP) is 6.83. The maximum atomic E-state index is 5.87. The first-order chi connectivity index (χ1) is 14.3. The van der Waals surface area contributed by atoms with Gasteiger partial charge in [0.25, 0.3) is 0 Å². The average Bonchev–Trinajstić information content (AvgIpc) is 3.28. The van der Waals surface area contributed by atoms with Crippen molar-refractivity contribution in [3.05, 3.63) is 96.1 Å². The lowest BCUT2D eigenvalue weighted by Gasteiger charge is -2.39. The maximum Gasteiger partial charge on any atom is 0.124 e. The molecule has 2 heteroatoms. The summed E-state index contributed by atoms with van der Waals surface area (Å²) in [7, 11) is 1.78. The smallest absolute Gasteiger partial charge is 0.124 e. The third kappa shape index (κ3) is 2.42. The molecule has 0 radical (unpaired) electrons. The van der Waals surface area contributed by atoms with Crippen LogP contribution < -0.4 is 10.1 Å². The Bertz CT molecular complexity index is 1270. The molecule has 2 aliphatic rings. The molecule has 0 saturated carbocycles. The first-order valence-corrected chi connectivity index (χ1v) is 10.4. The first-order valence-electron chi connectivity index (χ1n) is 10.4. The molecule has 0 spiro atoms. The normalized spacial score (nSPS) is 22.3. The molecule has 1 heterocycles. The SMILES string of the molecule is COc1ccc2ccccc2c1C1Nc2c(ccc3ccccc23)C2C=CCC21. The number of allylic oxidation sites excluding steroid dienone is 2. The minimum Gasteiger partial charge on any atom is -0.496 e. The van der Waals surface area contributed by atoms with Gasteiger partial charge in [-0.3, -0.25) is 0 Å². The summed E-state index contributed by atoms with van der Waals surface area (Å²) in [6.07, 6.45) is 5.84. The molecule has 29 heavy (non-hydrogen) atoms. The summed E-state index contributed by atoms with van der Waals surface area (Å²) in [6.45, 7) is 0. The number of nitrogens with one attached hydrogen (secondary N) is 1. The second kappa shape index (κ2) is 6.38. The highest BCUT2D eigenvalue weighted by Gasteiger charge is 2.40. The van der Waals surface area contributed by atoms with Crippen molar-refractivity contribution in [2.24, 2.45) is 5.92 Å². The van der Waals surface area contributed by atoms with E-state index in [1.54, 1.807) is 7.11 Å². The number of anilines is 1. The highest BCUT2D eigenvalue weighted by Crippen LogP contribution is 2.53. The molecule has 2 nitrogen and oxygen atoms in total. The van der Waals surface area contributed by atoms with Crippen LogP contribution in [0.2, 0.25) is 0 Å². The van der Waals surface area contributed by atoms with Crippen molar-refractivity contribution in [1.82, 2.24) is 0 Å². The van der Waals surface area contributed by atoms with E-state index in [-0.39, 0.29) is 6.04 Å². The minimum absolute atomic E-state index is 0.203. The first kappa shape index (κ1) is 16.7. The van der Waals surface area contributed by atoms with Crippen LogP contribution in [0.25, 0.3) is 21.5 Å². The Hall–Kier alpha value is -3.26. The van der Waals surface area contributed by atoms with Gasteiger partial charge in [-0.15, -0.1) is 0 Å². The Morgan fingerprint density at radius 1 is 0.828 bits per heavy atom. The fraction of sp³-hybridized carbons (Fsp3) is 0.185. The molecule has 4 aromatic carbocycles. The van der Waals surface area contributed by atoms with Crippen LogP contribution in [0, 0.1) is 5.92 Å². The Morgan fingerprint density at radius 3 is 2.38 bits per heavy atom. The van der Waals surface area contributed by atoms with E-state index in [0.717, 1.165) is 12.2 Å². The van der Waals surface area contributed by atoms with Crippen molar-refractivity contribution in [1.29, 1.82) is 0 Å². The van der Waals surface area contributed by atoms with Gasteiger partial charge in [0.05, 0.1) is 13.2 Å². The van der Waals surface area contributed by atoms with Crippen LogP contribution in [0.3, 0.4) is 0 Å². The average molecular weight is 377 g/mol. The molecule has 0 amide bonds. The molecule has 4 aromatic rings. The lowest BCUT2D eigenvalue weighted by atomic mass is 9.75. The highest BCUT2D eigenvalue weighted by molar-refractivity contribution is 5.97. The quantitative estimate of drug-likeness (QED) is 0.387. The lowest BCUT2D eigenvalue weighted by Crippen LogP contribution is -2.29. The van der Waals surface area contributed by atoms with E-state index in [0.29, 0.717) is 11.8 Å². The largest absolute Gasteiger partial charge is 0.496 e. The number of hydrogen-bond acceptors (Lipinski definition) is 2. The molecule has 0 aromatic heterocycles. The molecule has 1 aliphatic carbocycles. The van der Waals surface area contributed by atoms with E-state index < -0.39 is 0 Å². The number of methoxy groups -OCH3 is 1. The molecule has 6 rings (SSSR count). The van der Waals surface area contributed by atoms with Crippen molar-refractivity contribution in [2.45, 2.75) is 18.4 Å². The molecular formula is C27H23NO. The van der Waals surface area contributed by atoms with Gasteiger partial charge in [0, 0.05) is 22.6 Å². The van der Waals surface area contributed by atoms with Crippen LogP contribution in [-0.4, -0.2) is 7.11 Å². The van der Waals surface area contributed by atoms with E-state index in [1.165, 1.54) is 38.4 Å². The van der Waals surface area contributed by atoms with Crippen LogP contribution in [0.5, 0.6) is 5.75 Å². The van der Waals surface area contributed by atoms with Crippen molar-refractivity contribution in [3.63, 3.8) is 0 Å². The van der Waals surface area contributed by atoms with Gasteiger partial charge in [-0.2, -0.15) is 0 Å². The fourth-order valence-corrected chi connectivity index (χ4v) is 5.40. The fourth-order valence-electron chi connectivity index (χ4n) is 5.40. The van der Waals surface area contributed by atoms with E-state index in [1.807, 2.05) is 0 Å². The number of fused-ring (bicyclic) bond motifs is 6. The highest BCUT2D eigenvalue weighted by atomic mass is 16.5. The number of ether oxygens (including phenoxy) is 1. The van der Waals surface area contributed by atoms with Gasteiger partial charge in [-0.25, -0.2) is 0 Å². The summed E-state index contributed by atoms with van der Waals surface area (Å²) in [6, 6.07) is 26.4. The van der Waals surface area contributed by atoms with Crippen LogP contribution in [0.4, 0.5) is 5.69 Å². The monoisotopic (exact) mass is 377 g/mol. The van der Waals surface area contributed by atoms with Crippen molar-refractivity contribution >= 4 is 27.2 Å². The van der Waals surface area contributed by atoms with Gasteiger partial charge in [0.2, 0.25) is 0 Å². The summed E-state index contributed by atoms with van der Waals surface area (Å²) < 4.78 is 5.87. The number of benzene rings is 4. The molecule has 3 atom stereocenters. The summed E-state index contributed by atoms with van der Waals surface area (Å²) >= 11 is 0. The van der Waals surface area contributed by atoms with E-state index in [4.69, 9.17) is 4.74 Å². The molecule has 1 N–H and O–H groups in total. The topological polar surface area (TPSA) is 21.3 Å². The number of hydrogen-bond donors (Lipinski definition) is 1. The molecule has 0 bridgehead atoms. The van der Waals surface area contributed by atoms with Crippen molar-refractivity contribution < 1.29 is 4.74 Å². The van der Waals surface area contributed by atoms with Crippen LogP contribution in [-0.2, 0) is 0 Å². The van der Waals surface area contributed by atoms with Gasteiger partial charge in [-0.05, 0) is 40.1 Å². The third-order valence-corrected chi connectivity index (χ3v) is 6.72. The zero-order valence-electron chi connectivity index (χ0n) is 16.4. The molecule has 0 fully saturated rings. The second-order valence-electron chi connectivity index (χ2n) is 8.13. The Balaban J connectivity index is 1.62. The summed E-state index contributed by atoms with van der Waals surface area (Å²) in [5.41, 5.74) is 3.97. The number of rotatable bonds is 2. The molecule has 142 valence electrons. The molecule has 0 saturated heterocycles. The second-order valence-corrected chi connectivity index (χ2v) is 8.13. The summed E-state index contributed by atoms with van der Waals surface area (Å²) in [5, 5.41) is 9.09. The summed E-state index contributed by atoms with van der Waals surface area (Å²) in [4.78, 5) is 0. The van der Waals surface area contributed by atoms with Crippen molar-refractivity contribution in [3.8, 4) is 5.75 Å². The van der Waals surface area contributed by atoms with Crippen LogP contribution in [0.1, 0.15) is 29.5 Å². The lowest BCUT2D eigenvalue weighted by molar-refractivity contribution is 0.383. The Kier molecular flexibility index (Phi) is 3.67. The molecular weight excluding hydrogens is 354 g/mol. The summed E-state index contributed by atoms with van der Waals surface area (Å²) in [5.74, 6) is 1.89. The van der Waals surface area contributed by atoms with Crippen LogP contribution >= 0.6 is 0 Å². The zero-order chi connectivity index (χ0) is 19.4.